The molecule has 2 atom stereocenters. The van der Waals surface area contributed by atoms with E-state index in [0.717, 1.165) is 5.56 Å². The van der Waals surface area contributed by atoms with Crippen LogP contribution in [0.2, 0.25) is 0 Å². The van der Waals surface area contributed by atoms with Crippen molar-refractivity contribution in [1.29, 1.82) is 0 Å². The Morgan fingerprint density at radius 1 is 1.60 bits per heavy atom. The van der Waals surface area contributed by atoms with Gasteiger partial charge in [-0.25, -0.2) is 0 Å². The third kappa shape index (κ3) is 2.72. The second kappa shape index (κ2) is 5.09. The van der Waals surface area contributed by atoms with Gasteiger partial charge < -0.3 is 15.6 Å². The molecule has 1 aliphatic carbocycles. The Bertz CT molecular complexity index is 560. The highest BCUT2D eigenvalue weighted by molar-refractivity contribution is 5.79. The van der Waals surface area contributed by atoms with Crippen LogP contribution in [0.15, 0.2) is 18.2 Å². The van der Waals surface area contributed by atoms with Crippen molar-refractivity contribution in [3.63, 3.8) is 0 Å². The van der Waals surface area contributed by atoms with Crippen LogP contribution in [0.5, 0.6) is 5.75 Å². The van der Waals surface area contributed by atoms with Crippen LogP contribution >= 0.6 is 0 Å². The second-order valence-electron chi connectivity index (χ2n) is 5.17. The number of nitro groups is 1. The van der Waals surface area contributed by atoms with Crippen molar-refractivity contribution in [1.82, 2.24) is 0 Å². The summed E-state index contributed by atoms with van der Waals surface area (Å²) in [5.41, 5.74) is 5.17. The molecule has 0 heterocycles. The maximum atomic E-state index is 11.1. The first-order valence-corrected chi connectivity index (χ1v) is 6.26. The number of ether oxygens (including phenoxy) is 1. The van der Waals surface area contributed by atoms with Gasteiger partial charge in [-0.3, -0.25) is 14.9 Å². The predicted molar refractivity (Wildman–Crippen MR) is 70.7 cm³/mol. The van der Waals surface area contributed by atoms with Crippen LogP contribution in [0.25, 0.3) is 0 Å². The number of carbonyl (C=O) groups is 1. The molecule has 0 saturated heterocycles. The van der Waals surface area contributed by atoms with E-state index in [-0.39, 0.29) is 17.9 Å². The highest BCUT2D eigenvalue weighted by atomic mass is 16.6. The van der Waals surface area contributed by atoms with E-state index in [1.807, 2.05) is 0 Å². The van der Waals surface area contributed by atoms with Crippen molar-refractivity contribution in [2.75, 3.05) is 0 Å². The Hall–Kier alpha value is -2.15. The summed E-state index contributed by atoms with van der Waals surface area (Å²) in [6.07, 6.45) is 0.491. The fourth-order valence-electron chi connectivity index (χ4n) is 2.37. The van der Waals surface area contributed by atoms with Crippen molar-refractivity contribution in [3.05, 3.63) is 33.9 Å². The molecule has 7 nitrogen and oxygen atoms in total. The van der Waals surface area contributed by atoms with Gasteiger partial charge in [0, 0.05) is 12.5 Å². The zero-order valence-electron chi connectivity index (χ0n) is 11.0. The molecule has 2 unspecified atom stereocenters. The Balaban J connectivity index is 2.18. The number of rotatable bonds is 4. The fourth-order valence-corrected chi connectivity index (χ4v) is 2.37. The standard InChI is InChI=1S/C13H16N2O5/c1-8-2-3-10(15(18)19)11(6-8)20-9-4-5-13(14,7-9)12(16)17/h2-3,6,9H,4-5,7,14H2,1H3,(H,16,17). The lowest BCUT2D eigenvalue weighted by Crippen LogP contribution is -2.46. The minimum atomic E-state index is -1.30. The van der Waals surface area contributed by atoms with E-state index in [4.69, 9.17) is 15.6 Å². The minimum Gasteiger partial charge on any atom is -0.483 e. The Labute approximate surface area is 115 Å². The molecule has 0 aliphatic heterocycles. The molecule has 0 aromatic heterocycles. The lowest BCUT2D eigenvalue weighted by atomic mass is 10.00. The smallest absolute Gasteiger partial charge is 0.323 e. The summed E-state index contributed by atoms with van der Waals surface area (Å²) in [4.78, 5) is 21.5. The molecule has 20 heavy (non-hydrogen) atoms. The molecule has 2 rings (SSSR count). The molecule has 7 heteroatoms. The van der Waals surface area contributed by atoms with Crippen molar-refractivity contribution < 1.29 is 19.6 Å². The molecule has 1 fully saturated rings. The van der Waals surface area contributed by atoms with Crippen LogP contribution in [0.1, 0.15) is 24.8 Å². The summed E-state index contributed by atoms with van der Waals surface area (Å²) in [6, 6.07) is 4.59. The largest absolute Gasteiger partial charge is 0.483 e. The number of nitrogens with zero attached hydrogens (tertiary/aromatic N) is 1. The van der Waals surface area contributed by atoms with Gasteiger partial charge in [-0.2, -0.15) is 0 Å². The zero-order chi connectivity index (χ0) is 14.9. The first-order chi connectivity index (χ1) is 9.32. The van der Waals surface area contributed by atoms with Gasteiger partial charge in [0.05, 0.1) is 4.92 Å². The highest BCUT2D eigenvalue weighted by Gasteiger charge is 2.43. The lowest BCUT2D eigenvalue weighted by Gasteiger charge is -2.18. The SMILES string of the molecule is Cc1ccc([N+](=O)[O-])c(OC2CCC(N)(C(=O)O)C2)c1. The van der Waals surface area contributed by atoms with Crippen molar-refractivity contribution in [2.24, 2.45) is 5.73 Å². The summed E-state index contributed by atoms with van der Waals surface area (Å²) >= 11 is 0. The number of carboxylic acids is 1. The maximum Gasteiger partial charge on any atom is 0.323 e. The number of hydrogen-bond donors (Lipinski definition) is 2. The van der Waals surface area contributed by atoms with Gasteiger partial charge in [0.15, 0.2) is 5.75 Å². The number of hydrogen-bond acceptors (Lipinski definition) is 5. The van der Waals surface area contributed by atoms with Crippen molar-refractivity contribution in [3.8, 4) is 5.75 Å². The molecule has 3 N–H and O–H groups in total. The van der Waals surface area contributed by atoms with E-state index in [2.05, 4.69) is 0 Å². The summed E-state index contributed by atoms with van der Waals surface area (Å²) < 4.78 is 5.61. The van der Waals surface area contributed by atoms with Gasteiger partial charge in [0.1, 0.15) is 11.6 Å². The van der Waals surface area contributed by atoms with Gasteiger partial charge >= 0.3 is 11.7 Å². The van der Waals surface area contributed by atoms with Gasteiger partial charge in [-0.05, 0) is 31.4 Å². The molecule has 1 saturated carbocycles. The third-order valence-corrected chi connectivity index (χ3v) is 3.54. The number of benzene rings is 1. The quantitative estimate of drug-likeness (QED) is 0.639. The lowest BCUT2D eigenvalue weighted by molar-refractivity contribution is -0.386. The second-order valence-corrected chi connectivity index (χ2v) is 5.17. The molecule has 0 bridgehead atoms. The van der Waals surface area contributed by atoms with E-state index >= 15 is 0 Å². The summed E-state index contributed by atoms with van der Waals surface area (Å²) in [7, 11) is 0. The average Bonchev–Trinajstić information content (AvgIpc) is 2.72. The molecule has 0 spiro atoms. The Morgan fingerprint density at radius 2 is 2.30 bits per heavy atom. The topological polar surface area (TPSA) is 116 Å². The predicted octanol–water partition coefficient (Wildman–Crippen LogP) is 1.62. The number of nitro benzene ring substituents is 1. The van der Waals surface area contributed by atoms with E-state index in [1.165, 1.54) is 6.07 Å². The zero-order valence-corrected chi connectivity index (χ0v) is 11.0. The Kier molecular flexibility index (Phi) is 3.63. The summed E-state index contributed by atoms with van der Waals surface area (Å²) in [6.45, 7) is 1.80. The first-order valence-electron chi connectivity index (χ1n) is 6.26. The van der Waals surface area contributed by atoms with E-state index in [9.17, 15) is 14.9 Å². The monoisotopic (exact) mass is 280 g/mol. The van der Waals surface area contributed by atoms with Crippen LogP contribution in [0.4, 0.5) is 5.69 Å². The first kappa shape index (κ1) is 14.3. The molecule has 1 aliphatic rings. The average molecular weight is 280 g/mol. The van der Waals surface area contributed by atoms with Crippen LogP contribution < -0.4 is 10.5 Å². The molecular weight excluding hydrogens is 264 g/mol. The summed E-state index contributed by atoms with van der Waals surface area (Å²) in [5, 5.41) is 20.0. The van der Waals surface area contributed by atoms with Crippen LogP contribution in [-0.2, 0) is 4.79 Å². The normalized spacial score (nSPS) is 25.4. The maximum absolute atomic E-state index is 11.1. The highest BCUT2D eigenvalue weighted by Crippen LogP contribution is 2.35. The van der Waals surface area contributed by atoms with Crippen LogP contribution in [0, 0.1) is 17.0 Å². The number of carboxylic acid groups (broad SMARTS) is 1. The molecule has 108 valence electrons. The van der Waals surface area contributed by atoms with Crippen molar-refractivity contribution in [2.45, 2.75) is 37.8 Å². The molecular formula is C13H16N2O5. The van der Waals surface area contributed by atoms with Gasteiger partial charge in [0.2, 0.25) is 0 Å². The van der Waals surface area contributed by atoms with Gasteiger partial charge in [-0.1, -0.05) is 6.07 Å². The van der Waals surface area contributed by atoms with Gasteiger partial charge in [0.25, 0.3) is 0 Å². The third-order valence-electron chi connectivity index (χ3n) is 3.54. The van der Waals surface area contributed by atoms with E-state index in [0.29, 0.717) is 12.8 Å². The molecule has 0 radical (unpaired) electrons. The summed E-state index contributed by atoms with van der Waals surface area (Å²) in [5.74, 6) is -0.906. The van der Waals surface area contributed by atoms with E-state index in [1.54, 1.807) is 19.1 Å². The molecule has 1 aromatic carbocycles. The van der Waals surface area contributed by atoms with Crippen LogP contribution in [-0.4, -0.2) is 27.6 Å². The number of aryl methyl sites for hydroxylation is 1. The fraction of sp³-hybridized carbons (Fsp3) is 0.462. The van der Waals surface area contributed by atoms with E-state index < -0.39 is 22.5 Å². The molecule has 1 aromatic rings. The van der Waals surface area contributed by atoms with Crippen molar-refractivity contribution >= 4 is 11.7 Å². The molecule has 0 amide bonds. The Morgan fingerprint density at radius 3 is 2.85 bits per heavy atom. The number of nitrogens with two attached hydrogens (primary N) is 1. The minimum absolute atomic E-state index is 0.125. The van der Waals surface area contributed by atoms with Crippen LogP contribution in [0.3, 0.4) is 0 Å². The van der Waals surface area contributed by atoms with Gasteiger partial charge in [-0.15, -0.1) is 0 Å². The number of aliphatic carboxylic acids is 1.